The van der Waals surface area contributed by atoms with Crippen LogP contribution in [0.15, 0.2) is 77.7 Å². The first-order valence-corrected chi connectivity index (χ1v) is 12.7. The number of carbonyl (C=O) groups excluding carboxylic acids is 2. The zero-order valence-electron chi connectivity index (χ0n) is 20.6. The summed E-state index contributed by atoms with van der Waals surface area (Å²) in [5.74, 6) is 0.293. The van der Waals surface area contributed by atoms with Gasteiger partial charge >= 0.3 is 0 Å². The van der Waals surface area contributed by atoms with Gasteiger partial charge in [-0.15, -0.1) is 0 Å². The average molecular weight is 485 g/mol. The quantitative estimate of drug-likeness (QED) is 0.375. The summed E-state index contributed by atoms with van der Waals surface area (Å²) >= 11 is 0. The molecule has 0 aliphatic heterocycles. The minimum absolute atomic E-state index is 0.0697. The van der Waals surface area contributed by atoms with Crippen LogP contribution in [-0.2, 0) is 22.7 Å². The fraction of sp³-hybridized carbons (Fsp3) is 0.345. The molecule has 1 aliphatic rings. The number of hydrogen-bond donors (Lipinski definition) is 1. The molecule has 1 aliphatic carbocycles. The molecule has 1 fully saturated rings. The lowest BCUT2D eigenvalue weighted by Gasteiger charge is -2.33. The van der Waals surface area contributed by atoms with Crippen molar-refractivity contribution in [2.45, 2.75) is 64.2 Å². The number of fused-ring (bicyclic) bond motifs is 1. The molecule has 2 heterocycles. The molecule has 0 bridgehead atoms. The summed E-state index contributed by atoms with van der Waals surface area (Å²) in [5, 5.41) is 3.25. The van der Waals surface area contributed by atoms with E-state index in [1.165, 1.54) is 6.42 Å². The van der Waals surface area contributed by atoms with Gasteiger partial charge in [0.2, 0.25) is 11.8 Å². The van der Waals surface area contributed by atoms with Crippen LogP contribution in [0.5, 0.6) is 0 Å². The summed E-state index contributed by atoms with van der Waals surface area (Å²) in [6.45, 7) is 2.27. The molecule has 2 amide bonds. The lowest BCUT2D eigenvalue weighted by Crippen LogP contribution is -2.47. The average Bonchev–Trinajstić information content (AvgIpc) is 3.56. The summed E-state index contributed by atoms with van der Waals surface area (Å²) in [6.07, 6.45) is 8.64. The first kappa shape index (κ1) is 23.9. The molecule has 2 aromatic carbocycles. The van der Waals surface area contributed by atoms with Crippen molar-refractivity contribution < 1.29 is 14.0 Å². The zero-order valence-corrected chi connectivity index (χ0v) is 20.6. The molecule has 0 unspecified atom stereocenters. The summed E-state index contributed by atoms with van der Waals surface area (Å²) < 4.78 is 7.44. The lowest BCUT2D eigenvalue weighted by atomic mass is 9.94. The summed E-state index contributed by atoms with van der Waals surface area (Å²) in [6, 6.07) is 18.5. The normalized spacial score (nSPS) is 15.0. The van der Waals surface area contributed by atoms with E-state index in [9.17, 15) is 9.59 Å². The number of aryl methyl sites for hydroxylation is 1. The molecule has 1 saturated carbocycles. The minimum atomic E-state index is -0.778. The Hall–Kier alpha value is -3.87. The van der Waals surface area contributed by atoms with Crippen molar-refractivity contribution >= 4 is 22.8 Å². The number of para-hydroxylation sites is 2. The highest BCUT2D eigenvalue weighted by Gasteiger charge is 2.33. The smallest absolute Gasteiger partial charge is 0.247 e. The predicted octanol–water partition coefficient (Wildman–Crippen LogP) is 5.16. The van der Waals surface area contributed by atoms with Gasteiger partial charge in [-0.2, -0.15) is 0 Å². The van der Waals surface area contributed by atoms with Crippen LogP contribution in [0.25, 0.3) is 11.0 Å². The topological polar surface area (TPSA) is 80.4 Å². The third kappa shape index (κ3) is 5.35. The molecule has 36 heavy (non-hydrogen) atoms. The molecule has 0 spiro atoms. The fourth-order valence-corrected chi connectivity index (χ4v) is 5.02. The highest BCUT2D eigenvalue weighted by Crippen LogP contribution is 2.27. The second kappa shape index (κ2) is 10.8. The maximum Gasteiger partial charge on any atom is 0.247 e. The molecule has 7 nitrogen and oxygen atoms in total. The van der Waals surface area contributed by atoms with Crippen molar-refractivity contribution in [3.8, 4) is 0 Å². The number of benzene rings is 2. The van der Waals surface area contributed by atoms with Gasteiger partial charge in [-0.25, -0.2) is 4.98 Å². The number of rotatable bonds is 8. The summed E-state index contributed by atoms with van der Waals surface area (Å²) in [5.41, 5.74) is 3.58. The fourth-order valence-electron chi connectivity index (χ4n) is 5.02. The first-order valence-electron chi connectivity index (χ1n) is 12.7. The van der Waals surface area contributed by atoms with E-state index in [-0.39, 0.29) is 30.9 Å². The molecule has 0 radical (unpaired) electrons. The second-order valence-corrected chi connectivity index (χ2v) is 9.62. The lowest BCUT2D eigenvalue weighted by molar-refractivity contribution is -0.142. The molecule has 0 saturated heterocycles. The zero-order chi connectivity index (χ0) is 24.9. The Morgan fingerprint density at radius 2 is 1.83 bits per heavy atom. The van der Waals surface area contributed by atoms with Crippen molar-refractivity contribution in [3.63, 3.8) is 0 Å². The van der Waals surface area contributed by atoms with E-state index in [1.807, 2.05) is 66.1 Å². The molecule has 186 valence electrons. The molecule has 1 atom stereocenters. The van der Waals surface area contributed by atoms with Gasteiger partial charge in [0.15, 0.2) is 0 Å². The number of nitrogens with zero attached hydrogens (tertiary/aromatic N) is 3. The van der Waals surface area contributed by atoms with Crippen LogP contribution in [0.1, 0.15) is 55.0 Å². The molecular formula is C29H32N4O3. The van der Waals surface area contributed by atoms with Crippen LogP contribution in [0.4, 0.5) is 0 Å². The number of imidazole rings is 1. The number of amides is 2. The Bertz CT molecular complexity index is 1300. The van der Waals surface area contributed by atoms with E-state index in [0.29, 0.717) is 5.76 Å². The van der Waals surface area contributed by atoms with Gasteiger partial charge in [-0.1, -0.05) is 61.2 Å². The Morgan fingerprint density at radius 1 is 1.06 bits per heavy atom. The van der Waals surface area contributed by atoms with Gasteiger partial charge in [0.1, 0.15) is 18.3 Å². The largest absolute Gasteiger partial charge is 0.467 e. The highest BCUT2D eigenvalue weighted by atomic mass is 16.3. The van der Waals surface area contributed by atoms with Crippen molar-refractivity contribution in [3.05, 3.63) is 90.1 Å². The van der Waals surface area contributed by atoms with E-state index in [2.05, 4.69) is 10.3 Å². The van der Waals surface area contributed by atoms with E-state index in [4.69, 9.17) is 4.42 Å². The third-order valence-corrected chi connectivity index (χ3v) is 6.96. The standard InChI is InChI=1S/C29H32N4O3/c1-21-13-15-22(16-14-21)28(29(35)31-23-8-3-2-4-9-23)33(18-24-10-7-17-36-24)27(34)19-32-20-30-25-11-5-6-12-26(25)32/h5-7,10-17,20,23,28H,2-4,8-9,18-19H2,1H3,(H,31,35)/t28-/m0/s1. The number of nitrogens with one attached hydrogen (secondary N) is 1. The van der Waals surface area contributed by atoms with Gasteiger partial charge < -0.3 is 19.2 Å². The number of carbonyl (C=O) groups is 2. The predicted molar refractivity (Wildman–Crippen MR) is 138 cm³/mol. The van der Waals surface area contributed by atoms with E-state index in [0.717, 1.165) is 47.8 Å². The Morgan fingerprint density at radius 3 is 2.58 bits per heavy atom. The number of furan rings is 1. The van der Waals surface area contributed by atoms with Crippen molar-refractivity contribution in [2.24, 2.45) is 0 Å². The maximum absolute atomic E-state index is 13.9. The SMILES string of the molecule is Cc1ccc([C@@H](C(=O)NC2CCCCC2)N(Cc2ccco2)C(=O)Cn2cnc3ccccc32)cc1. The minimum Gasteiger partial charge on any atom is -0.467 e. The molecular weight excluding hydrogens is 452 g/mol. The monoisotopic (exact) mass is 484 g/mol. The van der Waals surface area contributed by atoms with E-state index < -0.39 is 6.04 Å². The van der Waals surface area contributed by atoms with Crippen molar-refractivity contribution in [2.75, 3.05) is 0 Å². The summed E-state index contributed by atoms with van der Waals surface area (Å²) in [4.78, 5) is 33.8. The van der Waals surface area contributed by atoms with Crippen LogP contribution in [0, 0.1) is 6.92 Å². The second-order valence-electron chi connectivity index (χ2n) is 9.62. The van der Waals surface area contributed by atoms with Crippen LogP contribution in [0.2, 0.25) is 0 Å². The van der Waals surface area contributed by atoms with Crippen LogP contribution in [0.3, 0.4) is 0 Å². The van der Waals surface area contributed by atoms with Crippen LogP contribution >= 0.6 is 0 Å². The molecule has 4 aromatic rings. The molecule has 2 aromatic heterocycles. The molecule has 5 rings (SSSR count). The van der Waals surface area contributed by atoms with Crippen LogP contribution in [-0.4, -0.2) is 32.3 Å². The van der Waals surface area contributed by atoms with Gasteiger partial charge in [0, 0.05) is 6.04 Å². The van der Waals surface area contributed by atoms with Gasteiger partial charge in [-0.05, 0) is 49.6 Å². The van der Waals surface area contributed by atoms with E-state index in [1.54, 1.807) is 23.6 Å². The maximum atomic E-state index is 13.9. The highest BCUT2D eigenvalue weighted by molar-refractivity contribution is 5.89. The summed E-state index contributed by atoms with van der Waals surface area (Å²) in [7, 11) is 0. The van der Waals surface area contributed by atoms with Gasteiger partial charge in [0.25, 0.3) is 0 Å². The van der Waals surface area contributed by atoms with Gasteiger partial charge in [0.05, 0.1) is 30.2 Å². The number of hydrogen-bond acceptors (Lipinski definition) is 4. The Balaban J connectivity index is 1.49. The molecule has 1 N–H and O–H groups in total. The Kier molecular flexibility index (Phi) is 7.16. The molecule has 7 heteroatoms. The van der Waals surface area contributed by atoms with Crippen molar-refractivity contribution in [1.82, 2.24) is 19.8 Å². The van der Waals surface area contributed by atoms with Gasteiger partial charge in [-0.3, -0.25) is 9.59 Å². The van der Waals surface area contributed by atoms with Crippen molar-refractivity contribution in [1.29, 1.82) is 0 Å². The third-order valence-electron chi connectivity index (χ3n) is 6.96. The first-order chi connectivity index (χ1) is 17.6. The Labute approximate surface area is 211 Å². The van der Waals surface area contributed by atoms with Crippen LogP contribution < -0.4 is 5.32 Å². The number of aromatic nitrogens is 2. The van der Waals surface area contributed by atoms with E-state index >= 15 is 0 Å².